The van der Waals surface area contributed by atoms with Crippen molar-refractivity contribution in [2.24, 2.45) is 7.05 Å². The van der Waals surface area contributed by atoms with Gasteiger partial charge in [0.1, 0.15) is 0 Å². The molecule has 27 heavy (non-hydrogen) atoms. The number of ether oxygens (including phenoxy) is 1. The van der Waals surface area contributed by atoms with Gasteiger partial charge in [0.25, 0.3) is 0 Å². The third-order valence-electron chi connectivity index (χ3n) is 7.01. The summed E-state index contributed by atoms with van der Waals surface area (Å²) in [5, 5.41) is 4.54. The number of carbonyl (C=O) groups excluding carboxylic acids is 1. The van der Waals surface area contributed by atoms with E-state index < -0.39 is 0 Å². The van der Waals surface area contributed by atoms with Crippen molar-refractivity contribution >= 4 is 5.91 Å². The summed E-state index contributed by atoms with van der Waals surface area (Å²) in [4.78, 5) is 16.5. The summed E-state index contributed by atoms with van der Waals surface area (Å²) in [6.07, 6.45) is 7.33. The van der Waals surface area contributed by atoms with E-state index in [1.54, 1.807) is 6.92 Å². The van der Waals surface area contributed by atoms with Crippen molar-refractivity contribution in [3.8, 4) is 0 Å². The van der Waals surface area contributed by atoms with E-state index >= 15 is 0 Å². The molecule has 150 valence electrons. The maximum absolute atomic E-state index is 11.9. The number of nitrogens with zero attached hydrogens (tertiary/aromatic N) is 4. The zero-order valence-electron chi connectivity index (χ0n) is 17.3. The van der Waals surface area contributed by atoms with Crippen LogP contribution in [0.3, 0.4) is 0 Å². The van der Waals surface area contributed by atoms with Gasteiger partial charge in [-0.1, -0.05) is 0 Å². The molecule has 2 bridgehead atoms. The first-order chi connectivity index (χ1) is 12.9. The van der Waals surface area contributed by atoms with Gasteiger partial charge in [0.2, 0.25) is 5.91 Å². The Morgan fingerprint density at radius 2 is 1.70 bits per heavy atom. The minimum absolute atomic E-state index is 0.246. The summed E-state index contributed by atoms with van der Waals surface area (Å²) in [6.45, 7) is 9.18. The molecule has 1 aromatic rings. The van der Waals surface area contributed by atoms with Crippen molar-refractivity contribution in [2.75, 3.05) is 13.1 Å². The minimum Gasteiger partial charge on any atom is -0.375 e. The Morgan fingerprint density at radius 3 is 2.22 bits per heavy atom. The van der Waals surface area contributed by atoms with E-state index in [2.05, 4.69) is 28.7 Å². The predicted octanol–water partition coefficient (Wildman–Crippen LogP) is 2.56. The van der Waals surface area contributed by atoms with Crippen LogP contribution in [-0.4, -0.2) is 62.9 Å². The Kier molecular flexibility index (Phi) is 5.30. The molecule has 0 aliphatic carbocycles. The molecule has 0 saturated carbocycles. The zero-order chi connectivity index (χ0) is 19.1. The molecule has 4 heterocycles. The number of aromatic nitrogens is 2. The van der Waals surface area contributed by atoms with Gasteiger partial charge in [-0.05, 0) is 52.4 Å². The number of hydrogen-bond acceptors (Lipinski definition) is 4. The Labute approximate surface area is 162 Å². The molecule has 0 spiro atoms. The van der Waals surface area contributed by atoms with Gasteiger partial charge >= 0.3 is 0 Å². The summed E-state index contributed by atoms with van der Waals surface area (Å²) in [5.74, 6) is 0.246. The van der Waals surface area contributed by atoms with Crippen LogP contribution in [0.25, 0.3) is 0 Å². The zero-order valence-corrected chi connectivity index (χ0v) is 17.3. The second-order valence-corrected chi connectivity index (χ2v) is 8.79. The van der Waals surface area contributed by atoms with Crippen molar-refractivity contribution in [1.82, 2.24) is 19.6 Å². The van der Waals surface area contributed by atoms with Crippen LogP contribution < -0.4 is 0 Å². The fourth-order valence-corrected chi connectivity index (χ4v) is 5.50. The fourth-order valence-electron chi connectivity index (χ4n) is 5.50. The van der Waals surface area contributed by atoms with Crippen LogP contribution in [0, 0.1) is 13.8 Å². The third kappa shape index (κ3) is 3.79. The second-order valence-electron chi connectivity index (χ2n) is 8.79. The molecule has 1 amide bonds. The topological polar surface area (TPSA) is 50.6 Å². The lowest BCUT2D eigenvalue weighted by molar-refractivity contribution is -0.138. The maximum Gasteiger partial charge on any atom is 0.219 e. The number of amides is 1. The molecule has 0 aromatic carbocycles. The van der Waals surface area contributed by atoms with Crippen LogP contribution in [0.2, 0.25) is 0 Å². The molecule has 6 heteroatoms. The average molecular weight is 375 g/mol. The first kappa shape index (κ1) is 18.9. The molecule has 6 nitrogen and oxygen atoms in total. The minimum atomic E-state index is 0.246. The van der Waals surface area contributed by atoms with Gasteiger partial charge in [-0.25, -0.2) is 0 Å². The highest BCUT2D eigenvalue weighted by molar-refractivity contribution is 5.74. The third-order valence-corrected chi connectivity index (χ3v) is 7.01. The fraction of sp³-hybridized carbons (Fsp3) is 0.810. The molecular weight excluding hydrogens is 340 g/mol. The smallest absolute Gasteiger partial charge is 0.219 e. The molecule has 4 rings (SSSR count). The largest absolute Gasteiger partial charge is 0.375 e. The summed E-state index contributed by atoms with van der Waals surface area (Å²) < 4.78 is 8.50. The van der Waals surface area contributed by atoms with E-state index in [4.69, 9.17) is 4.74 Å². The maximum atomic E-state index is 11.9. The Bertz CT molecular complexity index is 679. The molecule has 1 unspecified atom stereocenters. The van der Waals surface area contributed by atoms with Crippen LogP contribution in [0.1, 0.15) is 62.4 Å². The number of hydrogen-bond donors (Lipinski definition) is 0. The van der Waals surface area contributed by atoms with Gasteiger partial charge in [-0.15, -0.1) is 0 Å². The van der Waals surface area contributed by atoms with Gasteiger partial charge in [0.15, 0.2) is 0 Å². The highest BCUT2D eigenvalue weighted by Crippen LogP contribution is 2.37. The van der Waals surface area contributed by atoms with Gasteiger partial charge in [-0.2, -0.15) is 5.10 Å². The molecule has 3 aliphatic heterocycles. The quantitative estimate of drug-likeness (QED) is 0.813. The van der Waals surface area contributed by atoms with E-state index in [1.807, 2.05) is 11.7 Å². The highest BCUT2D eigenvalue weighted by atomic mass is 16.5. The van der Waals surface area contributed by atoms with Crippen molar-refractivity contribution in [3.05, 3.63) is 17.0 Å². The lowest BCUT2D eigenvalue weighted by Gasteiger charge is -2.41. The lowest BCUT2D eigenvalue weighted by atomic mass is 9.98. The molecule has 3 saturated heterocycles. The second kappa shape index (κ2) is 7.55. The van der Waals surface area contributed by atoms with Crippen molar-refractivity contribution < 1.29 is 9.53 Å². The van der Waals surface area contributed by atoms with Gasteiger partial charge in [-0.3, -0.25) is 14.4 Å². The first-order valence-corrected chi connectivity index (χ1v) is 10.6. The van der Waals surface area contributed by atoms with Crippen LogP contribution in [0.15, 0.2) is 0 Å². The molecule has 0 radical (unpaired) electrons. The van der Waals surface area contributed by atoms with E-state index in [0.717, 1.165) is 63.9 Å². The van der Waals surface area contributed by atoms with Crippen LogP contribution in [0.5, 0.6) is 0 Å². The highest BCUT2D eigenvalue weighted by Gasteiger charge is 2.43. The van der Waals surface area contributed by atoms with E-state index in [-0.39, 0.29) is 5.91 Å². The number of likely N-dealkylation sites (tertiary alicyclic amines) is 1. The van der Waals surface area contributed by atoms with Crippen molar-refractivity contribution in [2.45, 2.75) is 90.1 Å². The van der Waals surface area contributed by atoms with Gasteiger partial charge < -0.3 is 9.64 Å². The standard InChI is InChI=1S/C21H34N4O2/c1-14-21(15(2)23(4)22-14)13-24-9-7-19(8-10-24)27-20-11-17-5-6-18(12-20)25(17)16(3)26/h17-20H,5-13H2,1-4H3/t17-,18+,20?. The summed E-state index contributed by atoms with van der Waals surface area (Å²) >= 11 is 0. The Morgan fingerprint density at radius 1 is 1.07 bits per heavy atom. The summed E-state index contributed by atoms with van der Waals surface area (Å²) in [6, 6.07) is 0.839. The predicted molar refractivity (Wildman–Crippen MR) is 104 cm³/mol. The lowest BCUT2D eigenvalue weighted by Crippen LogP contribution is -2.49. The van der Waals surface area contributed by atoms with Crippen LogP contribution >= 0.6 is 0 Å². The van der Waals surface area contributed by atoms with E-state index in [0.29, 0.717) is 24.3 Å². The molecule has 3 aliphatic rings. The number of carbonyl (C=O) groups is 1. The number of aryl methyl sites for hydroxylation is 2. The Balaban J connectivity index is 1.26. The number of rotatable bonds is 4. The SMILES string of the molecule is CC(=O)N1[C@@H]2CC[C@H]1CC(OC1CCN(Cc3c(C)nn(C)c3C)CC1)C2. The molecule has 3 fully saturated rings. The molecule has 3 atom stereocenters. The van der Waals surface area contributed by atoms with Gasteiger partial charge in [0.05, 0.1) is 17.9 Å². The van der Waals surface area contributed by atoms with E-state index in [9.17, 15) is 4.79 Å². The summed E-state index contributed by atoms with van der Waals surface area (Å²) in [5.41, 5.74) is 3.81. The van der Waals surface area contributed by atoms with Crippen molar-refractivity contribution in [3.63, 3.8) is 0 Å². The van der Waals surface area contributed by atoms with E-state index in [1.165, 1.54) is 11.3 Å². The average Bonchev–Trinajstić information content (AvgIpc) is 3.04. The summed E-state index contributed by atoms with van der Waals surface area (Å²) in [7, 11) is 2.02. The first-order valence-electron chi connectivity index (χ1n) is 10.6. The van der Waals surface area contributed by atoms with Crippen molar-refractivity contribution in [1.29, 1.82) is 0 Å². The Hall–Kier alpha value is -1.40. The van der Waals surface area contributed by atoms with Gasteiger partial charge in [0, 0.05) is 56.9 Å². The molecule has 0 N–H and O–H groups in total. The van der Waals surface area contributed by atoms with Crippen LogP contribution in [0.4, 0.5) is 0 Å². The number of fused-ring (bicyclic) bond motifs is 2. The molecular formula is C21H34N4O2. The normalized spacial score (nSPS) is 29.5. The molecule has 1 aromatic heterocycles. The monoisotopic (exact) mass is 374 g/mol. The van der Waals surface area contributed by atoms with Crippen LogP contribution in [-0.2, 0) is 23.1 Å². The number of piperidine rings is 2.